The summed E-state index contributed by atoms with van der Waals surface area (Å²) in [5, 5.41) is 3.63. The molecule has 4 heteroatoms. The summed E-state index contributed by atoms with van der Waals surface area (Å²) in [7, 11) is 0. The monoisotopic (exact) mass is 369 g/mol. The molecule has 1 heterocycles. The molecule has 3 nitrogen and oxygen atoms in total. The fourth-order valence-electron chi connectivity index (χ4n) is 4.43. The van der Waals surface area contributed by atoms with Gasteiger partial charge in [-0.2, -0.15) is 0 Å². The normalized spacial score (nSPS) is 18.9. The number of nitrogens with one attached hydrogen (secondary N) is 1. The number of ether oxygens (including phenoxy) is 1. The minimum Gasteiger partial charge on any atom is -0.454 e. The topological polar surface area (TPSA) is 38.3 Å². The molecule has 1 fully saturated rings. The highest BCUT2D eigenvalue weighted by molar-refractivity contribution is 5.96. The van der Waals surface area contributed by atoms with Gasteiger partial charge in [0.05, 0.1) is 0 Å². The highest BCUT2D eigenvalue weighted by Crippen LogP contribution is 2.35. The van der Waals surface area contributed by atoms with Crippen LogP contribution in [0.4, 0.5) is 4.39 Å². The van der Waals surface area contributed by atoms with Gasteiger partial charge in [0.2, 0.25) is 0 Å². The second kappa shape index (κ2) is 7.43. The van der Waals surface area contributed by atoms with E-state index in [1.807, 2.05) is 18.2 Å². The maximum Gasteiger partial charge on any atom is 0.166 e. The number of hydrogen-bond acceptors (Lipinski definition) is 3. The van der Waals surface area contributed by atoms with Gasteiger partial charge >= 0.3 is 0 Å². The molecule has 0 atom stereocenters. The molecule has 2 aromatic rings. The van der Waals surface area contributed by atoms with Crippen molar-refractivity contribution in [2.75, 3.05) is 0 Å². The zero-order valence-corrected chi connectivity index (χ0v) is 16.5. The van der Waals surface area contributed by atoms with Crippen LogP contribution in [0.2, 0.25) is 0 Å². The van der Waals surface area contributed by atoms with E-state index in [-0.39, 0.29) is 28.5 Å². The molecule has 144 valence electrons. The van der Waals surface area contributed by atoms with Gasteiger partial charge in [-0.15, -0.1) is 0 Å². The second-order valence-corrected chi connectivity index (χ2v) is 8.85. The molecule has 0 radical (unpaired) electrons. The molecular weight excluding hydrogens is 341 g/mol. The van der Waals surface area contributed by atoms with Gasteiger partial charge in [0.15, 0.2) is 17.3 Å². The van der Waals surface area contributed by atoms with E-state index in [0.717, 1.165) is 12.8 Å². The number of hydrogen-bond donors (Lipinski definition) is 1. The third-order valence-corrected chi connectivity index (χ3v) is 4.97. The summed E-state index contributed by atoms with van der Waals surface area (Å²) in [5.41, 5.74) is 0.387. The Morgan fingerprint density at radius 1 is 1.07 bits per heavy atom. The number of rotatable bonds is 5. The molecule has 0 unspecified atom stereocenters. The molecule has 0 aliphatic carbocycles. The second-order valence-electron chi connectivity index (χ2n) is 8.85. The lowest BCUT2D eigenvalue weighted by molar-refractivity contribution is 0.0864. The number of Topliss-reactive ketones (excluding diaryl/α,β-unsaturated/α-hetero) is 1. The van der Waals surface area contributed by atoms with Crippen LogP contribution in [0.1, 0.15) is 57.3 Å². The molecule has 1 saturated heterocycles. The van der Waals surface area contributed by atoms with Crippen molar-refractivity contribution in [2.24, 2.45) is 5.92 Å². The average molecular weight is 369 g/mol. The summed E-state index contributed by atoms with van der Waals surface area (Å²) >= 11 is 0. The smallest absolute Gasteiger partial charge is 0.166 e. The SMILES string of the molecule is CC1(C)CC(CC(=O)c2ccc(Oc3ccccc3)c(F)c2)CC(C)(C)N1. The Morgan fingerprint density at radius 3 is 2.30 bits per heavy atom. The lowest BCUT2D eigenvalue weighted by atomic mass is 9.74. The zero-order valence-electron chi connectivity index (χ0n) is 16.5. The largest absolute Gasteiger partial charge is 0.454 e. The Hall–Kier alpha value is -2.20. The van der Waals surface area contributed by atoms with Crippen LogP contribution in [0.5, 0.6) is 11.5 Å². The van der Waals surface area contributed by atoms with Crippen LogP contribution in [0.3, 0.4) is 0 Å². The third kappa shape index (κ3) is 5.16. The molecule has 2 aromatic carbocycles. The van der Waals surface area contributed by atoms with Crippen molar-refractivity contribution in [3.05, 3.63) is 59.9 Å². The van der Waals surface area contributed by atoms with Crippen LogP contribution in [0, 0.1) is 11.7 Å². The average Bonchev–Trinajstić information content (AvgIpc) is 2.54. The minimum atomic E-state index is -0.518. The summed E-state index contributed by atoms with van der Waals surface area (Å²) in [6.45, 7) is 8.67. The fourth-order valence-corrected chi connectivity index (χ4v) is 4.43. The molecule has 1 aliphatic rings. The van der Waals surface area contributed by atoms with Gasteiger partial charge in [0.1, 0.15) is 5.75 Å². The third-order valence-electron chi connectivity index (χ3n) is 4.97. The lowest BCUT2D eigenvalue weighted by Crippen LogP contribution is -2.57. The van der Waals surface area contributed by atoms with E-state index in [4.69, 9.17) is 4.74 Å². The van der Waals surface area contributed by atoms with Crippen LogP contribution >= 0.6 is 0 Å². The summed E-state index contributed by atoms with van der Waals surface area (Å²) < 4.78 is 20.0. The Kier molecular flexibility index (Phi) is 5.38. The van der Waals surface area contributed by atoms with Crippen molar-refractivity contribution in [1.82, 2.24) is 5.32 Å². The molecule has 0 saturated carbocycles. The molecule has 0 amide bonds. The first-order chi connectivity index (χ1) is 12.6. The standard InChI is InChI=1S/C23H28FNO2/c1-22(2)14-16(15-23(3,4)25-22)12-20(26)17-10-11-21(19(24)13-17)27-18-8-6-5-7-9-18/h5-11,13,16,25H,12,14-15H2,1-4H3. The van der Waals surface area contributed by atoms with Crippen LogP contribution in [-0.2, 0) is 0 Å². The van der Waals surface area contributed by atoms with Crippen LogP contribution < -0.4 is 10.1 Å². The molecule has 27 heavy (non-hydrogen) atoms. The van der Waals surface area contributed by atoms with Gasteiger partial charge < -0.3 is 10.1 Å². The Morgan fingerprint density at radius 2 is 1.70 bits per heavy atom. The number of carbonyl (C=O) groups is 1. The number of piperidine rings is 1. The summed E-state index contributed by atoms with van der Waals surface area (Å²) in [5.74, 6) is 0.443. The number of ketones is 1. The van der Waals surface area contributed by atoms with E-state index in [1.54, 1.807) is 18.2 Å². The fraction of sp³-hybridized carbons (Fsp3) is 0.435. The van der Waals surface area contributed by atoms with Gasteiger partial charge in [0, 0.05) is 23.1 Å². The van der Waals surface area contributed by atoms with Crippen molar-refractivity contribution in [3.8, 4) is 11.5 Å². The summed E-state index contributed by atoms with van der Waals surface area (Å²) in [6.07, 6.45) is 2.30. The predicted octanol–water partition coefficient (Wildman–Crippen LogP) is 5.75. The van der Waals surface area contributed by atoms with Crippen molar-refractivity contribution in [1.29, 1.82) is 0 Å². The highest BCUT2D eigenvalue weighted by atomic mass is 19.1. The maximum atomic E-state index is 14.4. The maximum absolute atomic E-state index is 14.4. The van der Waals surface area contributed by atoms with E-state index in [0.29, 0.717) is 17.7 Å². The molecule has 3 rings (SSSR count). The van der Waals surface area contributed by atoms with Gasteiger partial charge in [-0.25, -0.2) is 4.39 Å². The highest BCUT2D eigenvalue weighted by Gasteiger charge is 2.38. The van der Waals surface area contributed by atoms with Gasteiger partial charge in [-0.3, -0.25) is 4.79 Å². The zero-order chi connectivity index (χ0) is 19.7. The van der Waals surface area contributed by atoms with Gasteiger partial charge in [-0.05, 0) is 76.8 Å². The Labute approximate surface area is 160 Å². The van der Waals surface area contributed by atoms with Crippen LogP contribution in [-0.4, -0.2) is 16.9 Å². The van der Waals surface area contributed by atoms with Crippen molar-refractivity contribution < 1.29 is 13.9 Å². The first-order valence-corrected chi connectivity index (χ1v) is 9.49. The minimum absolute atomic E-state index is 0.00860. The molecule has 1 N–H and O–H groups in total. The predicted molar refractivity (Wildman–Crippen MR) is 106 cm³/mol. The van der Waals surface area contributed by atoms with E-state index < -0.39 is 5.82 Å². The van der Waals surface area contributed by atoms with E-state index >= 15 is 0 Å². The van der Waals surface area contributed by atoms with Crippen molar-refractivity contribution >= 4 is 5.78 Å². The molecular formula is C23H28FNO2. The van der Waals surface area contributed by atoms with Crippen LogP contribution in [0.15, 0.2) is 48.5 Å². The molecule has 0 bridgehead atoms. The summed E-state index contributed by atoms with van der Waals surface area (Å²) in [6, 6.07) is 13.5. The first-order valence-electron chi connectivity index (χ1n) is 9.49. The van der Waals surface area contributed by atoms with Gasteiger partial charge in [0.25, 0.3) is 0 Å². The quantitative estimate of drug-likeness (QED) is 0.682. The van der Waals surface area contributed by atoms with Gasteiger partial charge in [-0.1, -0.05) is 18.2 Å². The summed E-state index contributed by atoms with van der Waals surface area (Å²) in [4.78, 5) is 12.7. The Bertz CT molecular complexity index is 798. The van der Waals surface area contributed by atoms with Crippen LogP contribution in [0.25, 0.3) is 0 Å². The molecule has 0 aromatic heterocycles. The molecule has 1 aliphatic heterocycles. The lowest BCUT2D eigenvalue weighted by Gasteiger charge is -2.46. The first kappa shape index (κ1) is 19.6. The van der Waals surface area contributed by atoms with Crippen molar-refractivity contribution in [2.45, 2.75) is 58.0 Å². The van der Waals surface area contributed by atoms with E-state index in [2.05, 4.69) is 33.0 Å². The number of benzene rings is 2. The number of carbonyl (C=O) groups excluding carboxylic acids is 1. The molecule has 0 spiro atoms. The Balaban J connectivity index is 1.69. The number of para-hydroxylation sites is 1. The number of halogens is 1. The van der Waals surface area contributed by atoms with E-state index in [9.17, 15) is 9.18 Å². The van der Waals surface area contributed by atoms with E-state index in [1.165, 1.54) is 12.1 Å². The van der Waals surface area contributed by atoms with Crippen molar-refractivity contribution in [3.63, 3.8) is 0 Å².